The van der Waals surface area contributed by atoms with E-state index >= 15 is 0 Å². The molecule has 18 heavy (non-hydrogen) atoms. The molecule has 0 bridgehead atoms. The Morgan fingerprint density at radius 3 is 2.83 bits per heavy atom. The second-order valence-corrected chi connectivity index (χ2v) is 6.76. The van der Waals surface area contributed by atoms with Crippen LogP contribution in [0.15, 0.2) is 12.1 Å². The van der Waals surface area contributed by atoms with Gasteiger partial charge in [0.15, 0.2) is 0 Å². The number of thiophene rings is 1. The third-order valence-electron chi connectivity index (χ3n) is 3.67. The highest BCUT2D eigenvalue weighted by atomic mass is 35.5. The minimum Gasteiger partial charge on any atom is -0.305 e. The Morgan fingerprint density at radius 2 is 2.17 bits per heavy atom. The summed E-state index contributed by atoms with van der Waals surface area (Å²) >= 11 is 7.59. The first-order valence-electron chi connectivity index (χ1n) is 6.61. The van der Waals surface area contributed by atoms with Gasteiger partial charge in [-0.1, -0.05) is 30.9 Å². The van der Waals surface area contributed by atoms with Crippen molar-refractivity contribution in [2.24, 2.45) is 5.92 Å². The van der Waals surface area contributed by atoms with Crippen molar-refractivity contribution in [3.8, 4) is 6.07 Å². The molecule has 98 valence electrons. The van der Waals surface area contributed by atoms with Gasteiger partial charge >= 0.3 is 0 Å². The molecule has 1 saturated carbocycles. The fraction of sp³-hybridized carbons (Fsp3) is 0.643. The summed E-state index contributed by atoms with van der Waals surface area (Å²) in [6.07, 6.45) is 5.83. The van der Waals surface area contributed by atoms with Crippen molar-refractivity contribution in [2.45, 2.75) is 51.1 Å². The molecule has 0 saturated heterocycles. The van der Waals surface area contributed by atoms with Crippen LogP contribution in [0.4, 0.5) is 0 Å². The van der Waals surface area contributed by atoms with Crippen LogP contribution in [0.25, 0.3) is 0 Å². The van der Waals surface area contributed by atoms with Crippen LogP contribution in [-0.2, 0) is 0 Å². The van der Waals surface area contributed by atoms with Crippen LogP contribution in [0.5, 0.6) is 0 Å². The number of rotatable bonds is 3. The second kappa shape index (κ2) is 6.56. The molecule has 1 aliphatic carbocycles. The lowest BCUT2D eigenvalue weighted by atomic mass is 9.95. The normalized spacial score (nSPS) is 26.3. The second-order valence-electron chi connectivity index (χ2n) is 5.01. The predicted molar refractivity (Wildman–Crippen MR) is 76.9 cm³/mol. The summed E-state index contributed by atoms with van der Waals surface area (Å²) in [7, 11) is 0. The molecule has 1 fully saturated rings. The topological polar surface area (TPSA) is 35.8 Å². The molecular weight excluding hydrogens is 264 g/mol. The number of nitrogens with one attached hydrogen (secondary N) is 1. The Kier molecular flexibility index (Phi) is 5.05. The van der Waals surface area contributed by atoms with Crippen molar-refractivity contribution in [2.75, 3.05) is 0 Å². The molecular formula is C14H19ClN2S. The van der Waals surface area contributed by atoms with E-state index in [0.29, 0.717) is 6.04 Å². The molecule has 0 aliphatic heterocycles. The van der Waals surface area contributed by atoms with Gasteiger partial charge < -0.3 is 5.32 Å². The van der Waals surface area contributed by atoms with Crippen LogP contribution in [-0.4, -0.2) is 6.04 Å². The average Bonchev–Trinajstić information content (AvgIpc) is 2.67. The van der Waals surface area contributed by atoms with Crippen molar-refractivity contribution in [3.05, 3.63) is 21.3 Å². The highest BCUT2D eigenvalue weighted by molar-refractivity contribution is 7.16. The Morgan fingerprint density at radius 1 is 1.39 bits per heavy atom. The fourth-order valence-electron chi connectivity index (χ4n) is 2.63. The Balaban J connectivity index is 2.00. The molecule has 4 heteroatoms. The summed E-state index contributed by atoms with van der Waals surface area (Å²) in [5.41, 5.74) is 0. The Bertz CT molecular complexity index is 424. The molecule has 2 rings (SSSR count). The maximum absolute atomic E-state index is 9.27. The summed E-state index contributed by atoms with van der Waals surface area (Å²) in [5.74, 6) is 0.158. The highest BCUT2D eigenvalue weighted by Crippen LogP contribution is 2.29. The van der Waals surface area contributed by atoms with Crippen molar-refractivity contribution in [1.82, 2.24) is 5.32 Å². The van der Waals surface area contributed by atoms with Crippen molar-refractivity contribution < 1.29 is 0 Å². The van der Waals surface area contributed by atoms with Gasteiger partial charge in [-0.25, -0.2) is 0 Å². The highest BCUT2D eigenvalue weighted by Gasteiger charge is 2.25. The summed E-state index contributed by atoms with van der Waals surface area (Å²) in [6, 6.07) is 7.09. The third-order valence-corrected chi connectivity index (χ3v) is 5.08. The van der Waals surface area contributed by atoms with Gasteiger partial charge in [0.05, 0.1) is 16.3 Å². The van der Waals surface area contributed by atoms with Gasteiger partial charge in [-0.15, -0.1) is 11.3 Å². The lowest BCUT2D eigenvalue weighted by Gasteiger charge is -2.24. The molecule has 1 heterocycles. The third kappa shape index (κ3) is 3.47. The van der Waals surface area contributed by atoms with Crippen LogP contribution in [0.2, 0.25) is 4.34 Å². The van der Waals surface area contributed by atoms with Gasteiger partial charge in [-0.05, 0) is 31.9 Å². The number of nitriles is 1. The zero-order chi connectivity index (χ0) is 13.0. The Hall–Kier alpha value is -0.560. The van der Waals surface area contributed by atoms with Crippen LogP contribution >= 0.6 is 22.9 Å². The summed E-state index contributed by atoms with van der Waals surface area (Å²) in [4.78, 5) is 1.25. The summed E-state index contributed by atoms with van der Waals surface area (Å²) < 4.78 is 0.830. The van der Waals surface area contributed by atoms with E-state index in [-0.39, 0.29) is 12.0 Å². The molecule has 1 aromatic heterocycles. The molecule has 2 nitrogen and oxygen atoms in total. The van der Waals surface area contributed by atoms with Crippen LogP contribution in [0.1, 0.15) is 49.9 Å². The molecule has 1 aromatic rings. The average molecular weight is 283 g/mol. The molecule has 3 atom stereocenters. The van der Waals surface area contributed by atoms with Crippen molar-refractivity contribution in [1.29, 1.82) is 5.26 Å². The van der Waals surface area contributed by atoms with E-state index in [2.05, 4.69) is 24.4 Å². The zero-order valence-corrected chi connectivity index (χ0v) is 12.2. The van der Waals surface area contributed by atoms with E-state index in [0.717, 1.165) is 17.2 Å². The van der Waals surface area contributed by atoms with E-state index in [1.54, 1.807) is 11.3 Å². The van der Waals surface area contributed by atoms with Gasteiger partial charge in [0.25, 0.3) is 0 Å². The minimum absolute atomic E-state index is 0.158. The van der Waals surface area contributed by atoms with Gasteiger partial charge in [-0.3, -0.25) is 0 Å². The summed E-state index contributed by atoms with van der Waals surface area (Å²) in [6.45, 7) is 2.15. The molecule has 0 aromatic carbocycles. The maximum Gasteiger partial charge on any atom is 0.0931 e. The number of halogens is 1. The maximum atomic E-state index is 9.27. The SMILES string of the molecule is CC(NC1CCCCCC1C#N)c1ccc(Cl)s1. The van der Waals surface area contributed by atoms with Crippen molar-refractivity contribution >= 4 is 22.9 Å². The van der Waals surface area contributed by atoms with Gasteiger partial charge in [0.2, 0.25) is 0 Å². The van der Waals surface area contributed by atoms with Crippen LogP contribution < -0.4 is 5.32 Å². The van der Waals surface area contributed by atoms with E-state index in [1.165, 1.54) is 24.1 Å². The van der Waals surface area contributed by atoms with E-state index in [4.69, 9.17) is 11.6 Å². The fourth-order valence-corrected chi connectivity index (χ4v) is 3.70. The largest absolute Gasteiger partial charge is 0.305 e. The quantitative estimate of drug-likeness (QED) is 0.827. The first-order valence-corrected chi connectivity index (χ1v) is 7.81. The zero-order valence-electron chi connectivity index (χ0n) is 10.7. The molecule has 0 spiro atoms. The predicted octanol–water partition coefficient (Wildman–Crippen LogP) is 4.52. The van der Waals surface area contributed by atoms with Crippen LogP contribution in [0.3, 0.4) is 0 Å². The molecule has 1 aliphatic rings. The lowest BCUT2D eigenvalue weighted by Crippen LogP contribution is -2.36. The van der Waals surface area contributed by atoms with E-state index in [9.17, 15) is 5.26 Å². The smallest absolute Gasteiger partial charge is 0.0931 e. The monoisotopic (exact) mass is 282 g/mol. The number of nitrogens with zero attached hydrogens (tertiary/aromatic N) is 1. The lowest BCUT2D eigenvalue weighted by molar-refractivity contribution is 0.363. The minimum atomic E-state index is 0.158. The summed E-state index contributed by atoms with van der Waals surface area (Å²) in [5, 5.41) is 12.9. The van der Waals surface area contributed by atoms with Crippen molar-refractivity contribution in [3.63, 3.8) is 0 Å². The molecule has 0 radical (unpaired) electrons. The van der Waals surface area contributed by atoms with Gasteiger partial charge in [-0.2, -0.15) is 5.26 Å². The van der Waals surface area contributed by atoms with Gasteiger partial charge in [0, 0.05) is 17.0 Å². The molecule has 0 amide bonds. The van der Waals surface area contributed by atoms with Gasteiger partial charge in [0.1, 0.15) is 0 Å². The first kappa shape index (κ1) is 13.9. The Labute approximate surface area is 118 Å². The number of hydrogen-bond donors (Lipinski definition) is 1. The standard InChI is InChI=1S/C14H19ClN2S/c1-10(13-7-8-14(15)18-13)17-12-6-4-2-3-5-11(12)9-16/h7-8,10-12,17H,2-6H2,1H3. The molecule has 3 unspecified atom stereocenters. The molecule has 1 N–H and O–H groups in total. The van der Waals surface area contributed by atoms with E-state index < -0.39 is 0 Å². The number of hydrogen-bond acceptors (Lipinski definition) is 3. The first-order chi connectivity index (χ1) is 8.70. The van der Waals surface area contributed by atoms with Crippen LogP contribution in [0, 0.1) is 17.2 Å². The van der Waals surface area contributed by atoms with E-state index in [1.807, 2.05) is 6.07 Å².